The second-order valence-electron chi connectivity index (χ2n) is 4.12. The van der Waals surface area contributed by atoms with Crippen LogP contribution in [0.2, 0.25) is 0 Å². The Morgan fingerprint density at radius 3 is 2.40 bits per heavy atom. The summed E-state index contributed by atoms with van der Waals surface area (Å²) in [5.74, 6) is 0.731. The van der Waals surface area contributed by atoms with E-state index in [1.165, 1.54) is 5.56 Å². The fourth-order valence-electron chi connectivity index (χ4n) is 1.58. The minimum absolute atomic E-state index is 0.580. The smallest absolute Gasteiger partial charge is 0.171 e. The summed E-state index contributed by atoms with van der Waals surface area (Å²) >= 11 is 12.0. The summed E-state index contributed by atoms with van der Waals surface area (Å²) in [6, 6.07) is 12.1. The first-order valence-electron chi connectivity index (χ1n) is 6.04. The van der Waals surface area contributed by atoms with Crippen molar-refractivity contribution >= 4 is 55.0 Å². The predicted octanol–water partition coefficient (Wildman–Crippen LogP) is 4.14. The number of thiocarbonyl (C=S) groups is 1. The number of benzene rings is 1. The molecule has 1 aromatic carbocycles. The van der Waals surface area contributed by atoms with Gasteiger partial charge in [-0.3, -0.25) is 0 Å². The SMILES string of the molecule is S=C(NCCc1ccc(Br)cc1)Nc1ccc(Br)cn1. The maximum atomic E-state index is 5.22. The highest BCUT2D eigenvalue weighted by molar-refractivity contribution is 9.10. The van der Waals surface area contributed by atoms with Crippen LogP contribution in [0.1, 0.15) is 5.56 Å². The van der Waals surface area contributed by atoms with E-state index in [0.29, 0.717) is 5.11 Å². The van der Waals surface area contributed by atoms with Gasteiger partial charge in [0.15, 0.2) is 5.11 Å². The normalized spacial score (nSPS) is 10.1. The van der Waals surface area contributed by atoms with Gasteiger partial charge in [-0.05, 0) is 64.4 Å². The fourth-order valence-corrected chi connectivity index (χ4v) is 2.29. The monoisotopic (exact) mass is 413 g/mol. The van der Waals surface area contributed by atoms with E-state index < -0.39 is 0 Å². The third-order valence-corrected chi connectivity index (χ3v) is 3.83. The molecule has 0 aliphatic carbocycles. The van der Waals surface area contributed by atoms with Gasteiger partial charge in [0.1, 0.15) is 5.82 Å². The molecule has 0 unspecified atom stereocenters. The molecule has 0 aliphatic heterocycles. The Bertz CT molecular complexity index is 570. The lowest BCUT2D eigenvalue weighted by Crippen LogP contribution is -2.30. The Hall–Kier alpha value is -0.980. The highest BCUT2D eigenvalue weighted by Gasteiger charge is 1.99. The van der Waals surface area contributed by atoms with Crippen molar-refractivity contribution in [2.75, 3.05) is 11.9 Å². The molecule has 0 spiro atoms. The molecule has 2 aromatic rings. The predicted molar refractivity (Wildman–Crippen MR) is 94.0 cm³/mol. The number of rotatable bonds is 4. The van der Waals surface area contributed by atoms with E-state index in [0.717, 1.165) is 27.7 Å². The molecule has 0 saturated carbocycles. The van der Waals surface area contributed by atoms with Crippen molar-refractivity contribution < 1.29 is 0 Å². The number of nitrogens with one attached hydrogen (secondary N) is 2. The van der Waals surface area contributed by atoms with Crippen molar-refractivity contribution in [2.24, 2.45) is 0 Å². The summed E-state index contributed by atoms with van der Waals surface area (Å²) in [6.07, 6.45) is 2.65. The minimum Gasteiger partial charge on any atom is -0.362 e. The first-order chi connectivity index (χ1) is 9.63. The van der Waals surface area contributed by atoms with Crippen LogP contribution in [0.15, 0.2) is 51.5 Å². The van der Waals surface area contributed by atoms with E-state index in [-0.39, 0.29) is 0 Å². The molecule has 0 saturated heterocycles. The highest BCUT2D eigenvalue weighted by atomic mass is 79.9. The summed E-state index contributed by atoms with van der Waals surface area (Å²) in [6.45, 7) is 0.782. The lowest BCUT2D eigenvalue weighted by atomic mass is 10.1. The Kier molecular flexibility index (Phi) is 5.94. The van der Waals surface area contributed by atoms with Gasteiger partial charge in [-0.25, -0.2) is 4.98 Å². The van der Waals surface area contributed by atoms with Crippen molar-refractivity contribution in [1.82, 2.24) is 10.3 Å². The van der Waals surface area contributed by atoms with Crippen LogP contribution in [0.25, 0.3) is 0 Å². The van der Waals surface area contributed by atoms with E-state index in [1.807, 2.05) is 24.3 Å². The van der Waals surface area contributed by atoms with Crippen LogP contribution in [0.5, 0.6) is 0 Å². The molecule has 2 N–H and O–H groups in total. The van der Waals surface area contributed by atoms with Gasteiger partial charge in [-0.1, -0.05) is 28.1 Å². The highest BCUT2D eigenvalue weighted by Crippen LogP contribution is 2.11. The Labute approximate surface area is 140 Å². The van der Waals surface area contributed by atoms with Crippen molar-refractivity contribution in [1.29, 1.82) is 0 Å². The van der Waals surface area contributed by atoms with Crippen LogP contribution >= 0.6 is 44.1 Å². The second-order valence-corrected chi connectivity index (χ2v) is 6.36. The number of halogens is 2. The third-order valence-electron chi connectivity index (χ3n) is 2.58. The maximum absolute atomic E-state index is 5.22. The van der Waals surface area contributed by atoms with Crippen LogP contribution in [-0.2, 0) is 6.42 Å². The molecular formula is C14H13Br2N3S. The molecule has 0 fully saturated rings. The van der Waals surface area contributed by atoms with Gasteiger partial charge in [-0.15, -0.1) is 0 Å². The van der Waals surface area contributed by atoms with Crippen LogP contribution < -0.4 is 10.6 Å². The largest absolute Gasteiger partial charge is 0.362 e. The molecule has 0 atom stereocenters. The summed E-state index contributed by atoms with van der Waals surface area (Å²) < 4.78 is 2.03. The van der Waals surface area contributed by atoms with E-state index in [1.54, 1.807) is 6.20 Å². The molecule has 1 heterocycles. The number of hydrogen-bond donors (Lipinski definition) is 2. The molecule has 0 bridgehead atoms. The summed E-state index contributed by atoms with van der Waals surface area (Å²) in [5.41, 5.74) is 1.27. The van der Waals surface area contributed by atoms with E-state index >= 15 is 0 Å². The average molecular weight is 415 g/mol. The van der Waals surface area contributed by atoms with Gasteiger partial charge < -0.3 is 10.6 Å². The van der Waals surface area contributed by atoms with Crippen LogP contribution in [0.3, 0.4) is 0 Å². The topological polar surface area (TPSA) is 37.0 Å². The van der Waals surface area contributed by atoms with Crippen molar-refractivity contribution in [3.05, 3.63) is 57.1 Å². The first-order valence-corrected chi connectivity index (χ1v) is 8.04. The zero-order valence-electron chi connectivity index (χ0n) is 10.6. The molecular weight excluding hydrogens is 402 g/mol. The number of anilines is 1. The first kappa shape index (κ1) is 15.4. The molecule has 0 radical (unpaired) electrons. The number of aromatic nitrogens is 1. The summed E-state index contributed by atoms with van der Waals surface area (Å²) in [4.78, 5) is 4.20. The summed E-state index contributed by atoms with van der Waals surface area (Å²) in [5, 5.41) is 6.79. The molecule has 0 aliphatic rings. The Morgan fingerprint density at radius 2 is 1.75 bits per heavy atom. The standard InChI is InChI=1S/C14H13Br2N3S/c15-11-3-1-10(2-4-11)7-8-17-14(20)19-13-6-5-12(16)9-18-13/h1-6,9H,7-8H2,(H2,17,18,19,20). The Morgan fingerprint density at radius 1 is 1.05 bits per heavy atom. The quantitative estimate of drug-likeness (QED) is 0.737. The van der Waals surface area contributed by atoms with E-state index in [2.05, 4.69) is 59.6 Å². The van der Waals surface area contributed by atoms with Gasteiger partial charge in [-0.2, -0.15) is 0 Å². The average Bonchev–Trinajstić information content (AvgIpc) is 2.44. The number of nitrogens with zero attached hydrogens (tertiary/aromatic N) is 1. The summed E-state index contributed by atoms with van der Waals surface area (Å²) in [7, 11) is 0. The van der Waals surface area contributed by atoms with Crippen LogP contribution in [-0.4, -0.2) is 16.6 Å². The molecule has 3 nitrogen and oxygen atoms in total. The number of pyridine rings is 1. The van der Waals surface area contributed by atoms with Crippen molar-refractivity contribution in [2.45, 2.75) is 6.42 Å². The van der Waals surface area contributed by atoms with E-state index in [4.69, 9.17) is 12.2 Å². The van der Waals surface area contributed by atoms with Gasteiger partial charge in [0.25, 0.3) is 0 Å². The van der Waals surface area contributed by atoms with Crippen LogP contribution in [0.4, 0.5) is 5.82 Å². The zero-order valence-corrected chi connectivity index (χ0v) is 14.6. The van der Waals surface area contributed by atoms with Crippen molar-refractivity contribution in [3.63, 3.8) is 0 Å². The lowest BCUT2D eigenvalue weighted by molar-refractivity contribution is 0.872. The molecule has 0 amide bonds. The molecule has 20 heavy (non-hydrogen) atoms. The van der Waals surface area contributed by atoms with Gasteiger partial charge in [0.05, 0.1) is 0 Å². The molecule has 1 aromatic heterocycles. The minimum atomic E-state index is 0.580. The number of hydrogen-bond acceptors (Lipinski definition) is 2. The maximum Gasteiger partial charge on any atom is 0.171 e. The van der Waals surface area contributed by atoms with Gasteiger partial charge in [0, 0.05) is 21.7 Å². The third kappa shape index (κ3) is 5.19. The lowest BCUT2D eigenvalue weighted by Gasteiger charge is -2.10. The van der Waals surface area contributed by atoms with Crippen molar-refractivity contribution in [3.8, 4) is 0 Å². The zero-order chi connectivity index (χ0) is 14.4. The Balaban J connectivity index is 1.75. The molecule has 6 heteroatoms. The molecule has 104 valence electrons. The fraction of sp³-hybridized carbons (Fsp3) is 0.143. The molecule has 2 rings (SSSR count). The second kappa shape index (κ2) is 7.71. The van der Waals surface area contributed by atoms with Crippen LogP contribution in [0, 0.1) is 0 Å². The van der Waals surface area contributed by atoms with E-state index in [9.17, 15) is 0 Å². The van der Waals surface area contributed by atoms with Gasteiger partial charge in [0.2, 0.25) is 0 Å². The van der Waals surface area contributed by atoms with Gasteiger partial charge >= 0.3 is 0 Å².